The lowest BCUT2D eigenvalue weighted by atomic mass is 10.0. The van der Waals surface area contributed by atoms with E-state index in [0.717, 1.165) is 0 Å². The molecule has 20 heavy (non-hydrogen) atoms. The second-order valence-electron chi connectivity index (χ2n) is 6.33. The van der Waals surface area contributed by atoms with E-state index in [1.54, 1.807) is 13.8 Å². The molecule has 1 rings (SSSR count). The summed E-state index contributed by atoms with van der Waals surface area (Å²) in [4.78, 5) is 34.9. The molecular formula is C14H23NO5. The first-order valence-electron chi connectivity index (χ1n) is 6.73. The van der Waals surface area contributed by atoms with E-state index in [1.807, 2.05) is 13.8 Å². The van der Waals surface area contributed by atoms with Crippen LogP contribution >= 0.6 is 0 Å². The molecule has 1 aliphatic carbocycles. The largest absolute Gasteiger partial charge is 0.481 e. The predicted octanol–water partition coefficient (Wildman–Crippen LogP) is 1.05. The average Bonchev–Trinajstić information content (AvgIpc) is 2.90. The van der Waals surface area contributed by atoms with E-state index < -0.39 is 41.1 Å². The minimum Gasteiger partial charge on any atom is -0.481 e. The summed E-state index contributed by atoms with van der Waals surface area (Å²) in [6, 6.07) is -0.724. The molecule has 6 nitrogen and oxygen atoms in total. The van der Waals surface area contributed by atoms with Gasteiger partial charge in [0.15, 0.2) is 0 Å². The minimum atomic E-state index is -0.978. The molecule has 0 saturated heterocycles. The van der Waals surface area contributed by atoms with Crippen LogP contribution < -0.4 is 5.32 Å². The van der Waals surface area contributed by atoms with Crippen molar-refractivity contribution < 1.29 is 24.2 Å². The number of carboxylic acids is 1. The van der Waals surface area contributed by atoms with E-state index in [1.165, 1.54) is 7.11 Å². The van der Waals surface area contributed by atoms with Crippen LogP contribution in [0.15, 0.2) is 0 Å². The average molecular weight is 285 g/mol. The highest BCUT2D eigenvalue weighted by atomic mass is 16.5. The van der Waals surface area contributed by atoms with Gasteiger partial charge in [-0.25, -0.2) is 4.79 Å². The molecule has 0 radical (unpaired) electrons. The SMILES string of the molecule is COC(=O)C(CC(C)C)NC(=O)C1C(C(=O)O)C1(C)C. The van der Waals surface area contributed by atoms with E-state index >= 15 is 0 Å². The number of carboxylic acid groups (broad SMARTS) is 1. The molecule has 0 heterocycles. The van der Waals surface area contributed by atoms with Gasteiger partial charge in [0.25, 0.3) is 0 Å². The van der Waals surface area contributed by atoms with Crippen molar-refractivity contribution >= 4 is 17.8 Å². The number of esters is 1. The normalized spacial score (nSPS) is 24.9. The van der Waals surface area contributed by atoms with Crippen LogP contribution in [0.25, 0.3) is 0 Å². The van der Waals surface area contributed by atoms with Gasteiger partial charge in [-0.3, -0.25) is 9.59 Å². The van der Waals surface area contributed by atoms with Gasteiger partial charge in [0.05, 0.1) is 18.9 Å². The maximum Gasteiger partial charge on any atom is 0.328 e. The van der Waals surface area contributed by atoms with Crippen molar-refractivity contribution in [2.45, 2.75) is 40.2 Å². The van der Waals surface area contributed by atoms with Gasteiger partial charge in [-0.15, -0.1) is 0 Å². The third-order valence-corrected chi connectivity index (χ3v) is 3.89. The molecule has 1 fully saturated rings. The molecule has 0 aromatic heterocycles. The molecule has 0 aliphatic heterocycles. The summed E-state index contributed by atoms with van der Waals surface area (Å²) in [6.45, 7) is 7.35. The second-order valence-corrected chi connectivity index (χ2v) is 6.33. The fourth-order valence-electron chi connectivity index (χ4n) is 2.68. The van der Waals surface area contributed by atoms with E-state index in [2.05, 4.69) is 10.1 Å². The first-order chi connectivity index (χ1) is 9.12. The maximum atomic E-state index is 12.2. The Morgan fingerprint density at radius 2 is 1.80 bits per heavy atom. The van der Waals surface area contributed by atoms with Crippen molar-refractivity contribution in [3.8, 4) is 0 Å². The lowest BCUT2D eigenvalue weighted by molar-refractivity contribution is -0.146. The molecule has 0 aromatic rings. The Morgan fingerprint density at radius 3 is 2.15 bits per heavy atom. The van der Waals surface area contributed by atoms with Crippen LogP contribution in [0.2, 0.25) is 0 Å². The highest BCUT2D eigenvalue weighted by molar-refractivity contribution is 5.93. The summed E-state index contributed by atoms with van der Waals surface area (Å²) < 4.78 is 4.67. The summed E-state index contributed by atoms with van der Waals surface area (Å²) in [5.74, 6) is -2.95. The Balaban J connectivity index is 2.73. The van der Waals surface area contributed by atoms with Crippen LogP contribution in [-0.4, -0.2) is 36.1 Å². The van der Waals surface area contributed by atoms with E-state index in [4.69, 9.17) is 5.11 Å². The van der Waals surface area contributed by atoms with Gasteiger partial charge in [0, 0.05) is 0 Å². The van der Waals surface area contributed by atoms with Crippen molar-refractivity contribution in [2.75, 3.05) is 7.11 Å². The molecule has 3 atom stereocenters. The topological polar surface area (TPSA) is 92.7 Å². The van der Waals surface area contributed by atoms with Gasteiger partial charge in [-0.1, -0.05) is 27.7 Å². The number of nitrogens with one attached hydrogen (secondary N) is 1. The van der Waals surface area contributed by atoms with Crippen molar-refractivity contribution in [2.24, 2.45) is 23.2 Å². The fourth-order valence-corrected chi connectivity index (χ4v) is 2.68. The lowest BCUT2D eigenvalue weighted by Crippen LogP contribution is -2.43. The number of rotatable bonds is 6. The van der Waals surface area contributed by atoms with E-state index in [-0.39, 0.29) is 5.92 Å². The third-order valence-electron chi connectivity index (χ3n) is 3.89. The first-order valence-corrected chi connectivity index (χ1v) is 6.73. The number of aliphatic carboxylic acids is 1. The monoisotopic (exact) mass is 285 g/mol. The highest BCUT2D eigenvalue weighted by Gasteiger charge is 2.66. The fraction of sp³-hybridized carbons (Fsp3) is 0.786. The third kappa shape index (κ3) is 3.29. The van der Waals surface area contributed by atoms with Crippen LogP contribution in [0.4, 0.5) is 0 Å². The van der Waals surface area contributed by atoms with E-state index in [0.29, 0.717) is 6.42 Å². The van der Waals surface area contributed by atoms with Crippen LogP contribution in [-0.2, 0) is 19.1 Å². The molecule has 114 valence electrons. The van der Waals surface area contributed by atoms with Crippen molar-refractivity contribution in [1.82, 2.24) is 5.32 Å². The molecule has 3 unspecified atom stereocenters. The molecule has 2 N–H and O–H groups in total. The standard InChI is InChI=1S/C14H23NO5/c1-7(2)6-8(13(19)20-5)15-11(16)9-10(12(17)18)14(9,3)4/h7-10H,6H2,1-5H3,(H,15,16)(H,17,18). The van der Waals surface area contributed by atoms with Crippen LogP contribution in [0, 0.1) is 23.2 Å². The Hall–Kier alpha value is -1.59. The van der Waals surface area contributed by atoms with Crippen LogP contribution in [0.3, 0.4) is 0 Å². The zero-order chi connectivity index (χ0) is 15.7. The number of methoxy groups -OCH3 is 1. The molecule has 1 aliphatic rings. The molecule has 1 amide bonds. The summed E-state index contributed by atoms with van der Waals surface area (Å²) in [5.41, 5.74) is -0.575. The van der Waals surface area contributed by atoms with Gasteiger partial charge >= 0.3 is 11.9 Å². The molecule has 1 saturated carbocycles. The predicted molar refractivity (Wildman–Crippen MR) is 71.8 cm³/mol. The summed E-state index contributed by atoms with van der Waals surface area (Å²) in [6.07, 6.45) is 0.462. The molecule has 0 spiro atoms. The maximum absolute atomic E-state index is 12.2. The number of hydrogen-bond acceptors (Lipinski definition) is 4. The van der Waals surface area contributed by atoms with Gasteiger partial charge in [0.1, 0.15) is 6.04 Å². The van der Waals surface area contributed by atoms with Gasteiger partial charge in [-0.05, 0) is 17.8 Å². The Bertz CT molecular complexity index is 416. The zero-order valence-corrected chi connectivity index (χ0v) is 12.6. The molecule has 6 heteroatoms. The Morgan fingerprint density at radius 1 is 1.25 bits per heavy atom. The molecule has 0 aromatic carbocycles. The summed E-state index contributed by atoms with van der Waals surface area (Å²) in [7, 11) is 1.27. The van der Waals surface area contributed by atoms with Gasteiger partial charge in [-0.2, -0.15) is 0 Å². The highest BCUT2D eigenvalue weighted by Crippen LogP contribution is 2.58. The number of carbonyl (C=O) groups excluding carboxylic acids is 2. The summed E-state index contributed by atoms with van der Waals surface area (Å²) in [5, 5.41) is 11.7. The van der Waals surface area contributed by atoms with Crippen LogP contribution in [0.5, 0.6) is 0 Å². The lowest BCUT2D eigenvalue weighted by Gasteiger charge is -2.18. The van der Waals surface area contributed by atoms with Gasteiger partial charge < -0.3 is 15.2 Å². The van der Waals surface area contributed by atoms with E-state index in [9.17, 15) is 14.4 Å². The molecule has 0 bridgehead atoms. The van der Waals surface area contributed by atoms with Crippen LogP contribution in [0.1, 0.15) is 34.1 Å². The summed E-state index contributed by atoms with van der Waals surface area (Å²) >= 11 is 0. The number of hydrogen-bond donors (Lipinski definition) is 2. The first kappa shape index (κ1) is 16.5. The molecular weight excluding hydrogens is 262 g/mol. The zero-order valence-electron chi connectivity index (χ0n) is 12.6. The van der Waals surface area contributed by atoms with Gasteiger partial charge in [0.2, 0.25) is 5.91 Å². The quantitative estimate of drug-likeness (QED) is 0.711. The van der Waals surface area contributed by atoms with Crippen molar-refractivity contribution in [1.29, 1.82) is 0 Å². The number of carbonyl (C=O) groups is 3. The number of amides is 1. The van der Waals surface area contributed by atoms with Crippen molar-refractivity contribution in [3.63, 3.8) is 0 Å². The van der Waals surface area contributed by atoms with Crippen molar-refractivity contribution in [3.05, 3.63) is 0 Å². The minimum absolute atomic E-state index is 0.210. The Kier molecular flexibility index (Phi) is 4.78. The number of ether oxygens (including phenoxy) is 1. The Labute approximate surface area is 118 Å². The second kappa shape index (κ2) is 5.81. The smallest absolute Gasteiger partial charge is 0.328 e.